The number of rotatable bonds is 11. The average molecular weight is 281 g/mol. The number of nitrogens with one attached hydrogen (secondary N) is 1. The van der Waals surface area contributed by atoms with Crippen LogP contribution in [0.2, 0.25) is 0 Å². The second kappa shape index (κ2) is 10.0. The van der Waals surface area contributed by atoms with Gasteiger partial charge in [-0.3, -0.25) is 0 Å². The Balaban J connectivity index is 2.26. The van der Waals surface area contributed by atoms with Gasteiger partial charge in [-0.25, -0.2) is 0 Å². The highest BCUT2D eigenvalue weighted by Gasteiger charge is 2.09. The zero-order chi connectivity index (χ0) is 14.8. The third kappa shape index (κ3) is 6.58. The summed E-state index contributed by atoms with van der Waals surface area (Å²) in [5.41, 5.74) is 1.24. The summed E-state index contributed by atoms with van der Waals surface area (Å²) >= 11 is 0. The Morgan fingerprint density at radius 2 is 2.05 bits per heavy atom. The Kier molecular flexibility index (Phi) is 8.63. The van der Waals surface area contributed by atoms with Gasteiger partial charge in [0.25, 0.3) is 0 Å². The van der Waals surface area contributed by atoms with E-state index in [0.29, 0.717) is 12.7 Å². The molecule has 0 radical (unpaired) electrons. The summed E-state index contributed by atoms with van der Waals surface area (Å²) in [6, 6.07) is 2.11. The minimum atomic E-state index is 0.314. The molecule has 3 heteroatoms. The minimum Gasteiger partial charge on any atom is -0.464 e. The van der Waals surface area contributed by atoms with E-state index in [9.17, 15) is 0 Å². The molecule has 1 aromatic rings. The van der Waals surface area contributed by atoms with Gasteiger partial charge in [0.05, 0.1) is 6.10 Å². The maximum absolute atomic E-state index is 5.87. The zero-order valence-corrected chi connectivity index (χ0v) is 13.6. The molecule has 1 N–H and O–H groups in total. The molecular formula is C17H31NO2. The van der Waals surface area contributed by atoms with E-state index in [-0.39, 0.29) is 0 Å². The molecule has 0 saturated carbocycles. The van der Waals surface area contributed by atoms with Crippen LogP contribution in [-0.4, -0.2) is 12.6 Å². The minimum absolute atomic E-state index is 0.314. The fourth-order valence-electron chi connectivity index (χ4n) is 2.26. The lowest BCUT2D eigenvalue weighted by Gasteiger charge is -2.11. The lowest BCUT2D eigenvalue weighted by atomic mass is 10.1. The third-order valence-electron chi connectivity index (χ3n) is 3.61. The zero-order valence-electron chi connectivity index (χ0n) is 13.6. The molecule has 0 aliphatic carbocycles. The van der Waals surface area contributed by atoms with E-state index in [2.05, 4.69) is 32.2 Å². The van der Waals surface area contributed by atoms with Crippen molar-refractivity contribution in [1.29, 1.82) is 0 Å². The average Bonchev–Trinajstić information content (AvgIpc) is 2.79. The monoisotopic (exact) mass is 281 g/mol. The molecule has 1 unspecified atom stereocenters. The highest BCUT2D eigenvalue weighted by Crippen LogP contribution is 2.17. The topological polar surface area (TPSA) is 34.4 Å². The van der Waals surface area contributed by atoms with E-state index in [4.69, 9.17) is 9.15 Å². The van der Waals surface area contributed by atoms with Crippen LogP contribution >= 0.6 is 0 Å². The third-order valence-corrected chi connectivity index (χ3v) is 3.61. The van der Waals surface area contributed by atoms with Gasteiger partial charge in [-0.2, -0.15) is 0 Å². The van der Waals surface area contributed by atoms with Crippen LogP contribution in [0.15, 0.2) is 10.5 Å². The number of ether oxygens (including phenoxy) is 1. The molecule has 0 fully saturated rings. The van der Waals surface area contributed by atoms with Gasteiger partial charge in [0.15, 0.2) is 0 Å². The van der Waals surface area contributed by atoms with E-state index in [1.165, 1.54) is 31.2 Å². The smallest absolute Gasteiger partial charge is 0.130 e. The van der Waals surface area contributed by atoms with Crippen molar-refractivity contribution in [2.75, 3.05) is 6.54 Å². The molecule has 0 aliphatic rings. The lowest BCUT2D eigenvalue weighted by molar-refractivity contribution is 0.0357. The van der Waals surface area contributed by atoms with E-state index in [1.54, 1.807) is 0 Å². The van der Waals surface area contributed by atoms with Gasteiger partial charge in [0, 0.05) is 12.1 Å². The van der Waals surface area contributed by atoms with Crippen molar-refractivity contribution < 1.29 is 9.15 Å². The largest absolute Gasteiger partial charge is 0.464 e. The number of unbranched alkanes of at least 4 members (excludes halogenated alkanes) is 3. The van der Waals surface area contributed by atoms with Crippen LogP contribution in [0.4, 0.5) is 0 Å². The van der Waals surface area contributed by atoms with Crippen LogP contribution in [0.25, 0.3) is 0 Å². The van der Waals surface area contributed by atoms with E-state index < -0.39 is 0 Å². The summed E-state index contributed by atoms with van der Waals surface area (Å²) < 4.78 is 11.6. The molecule has 0 bridgehead atoms. The van der Waals surface area contributed by atoms with Crippen molar-refractivity contribution in [3.05, 3.63) is 23.2 Å². The van der Waals surface area contributed by atoms with E-state index >= 15 is 0 Å². The highest BCUT2D eigenvalue weighted by molar-refractivity contribution is 5.20. The normalized spacial score (nSPS) is 12.8. The van der Waals surface area contributed by atoms with Gasteiger partial charge in [0.2, 0.25) is 0 Å². The molecule has 0 aromatic carbocycles. The second-order valence-electron chi connectivity index (χ2n) is 5.55. The summed E-state index contributed by atoms with van der Waals surface area (Å²) in [6.07, 6.45) is 6.65. The van der Waals surface area contributed by atoms with Crippen molar-refractivity contribution in [2.45, 2.75) is 79.1 Å². The molecule has 1 aromatic heterocycles. The first-order valence-corrected chi connectivity index (χ1v) is 8.07. The number of furan rings is 1. The summed E-state index contributed by atoms with van der Waals surface area (Å²) in [6.45, 7) is 11.0. The van der Waals surface area contributed by atoms with Crippen molar-refractivity contribution in [3.8, 4) is 0 Å². The number of hydrogen-bond donors (Lipinski definition) is 1. The first-order chi connectivity index (χ1) is 9.67. The van der Waals surface area contributed by atoms with Crippen LogP contribution in [0.3, 0.4) is 0 Å². The fraction of sp³-hybridized carbons (Fsp3) is 0.765. The SMILES string of the molecule is CCCCCCC(C)OCc1cc(CNCC)c(C)o1. The maximum atomic E-state index is 5.87. The molecule has 1 heterocycles. The van der Waals surface area contributed by atoms with Gasteiger partial charge in [-0.15, -0.1) is 0 Å². The molecule has 1 atom stereocenters. The van der Waals surface area contributed by atoms with Crippen LogP contribution in [0.5, 0.6) is 0 Å². The molecule has 1 rings (SSSR count). The maximum Gasteiger partial charge on any atom is 0.130 e. The van der Waals surface area contributed by atoms with Crippen LogP contribution < -0.4 is 5.32 Å². The Hall–Kier alpha value is -0.800. The first kappa shape index (κ1) is 17.3. The van der Waals surface area contributed by atoms with Crippen molar-refractivity contribution >= 4 is 0 Å². The van der Waals surface area contributed by atoms with Gasteiger partial charge in [-0.05, 0) is 32.9 Å². The van der Waals surface area contributed by atoms with Gasteiger partial charge in [0.1, 0.15) is 18.1 Å². The Morgan fingerprint density at radius 1 is 1.25 bits per heavy atom. The Bertz CT molecular complexity index is 360. The molecule has 0 amide bonds. The first-order valence-electron chi connectivity index (χ1n) is 8.07. The van der Waals surface area contributed by atoms with E-state index in [0.717, 1.165) is 31.0 Å². The van der Waals surface area contributed by atoms with Gasteiger partial charge < -0.3 is 14.5 Å². The molecule has 116 valence electrons. The Labute approximate surface area is 124 Å². The number of aryl methyl sites for hydroxylation is 1. The van der Waals surface area contributed by atoms with Gasteiger partial charge >= 0.3 is 0 Å². The second-order valence-corrected chi connectivity index (χ2v) is 5.55. The molecule has 20 heavy (non-hydrogen) atoms. The molecule has 0 saturated heterocycles. The predicted octanol–water partition coefficient (Wildman–Crippen LogP) is 4.57. The van der Waals surface area contributed by atoms with Crippen LogP contribution in [0, 0.1) is 6.92 Å². The summed E-state index contributed by atoms with van der Waals surface area (Å²) in [5.74, 6) is 1.94. The Morgan fingerprint density at radius 3 is 2.75 bits per heavy atom. The summed E-state index contributed by atoms with van der Waals surface area (Å²) in [5, 5.41) is 3.32. The fourth-order valence-corrected chi connectivity index (χ4v) is 2.26. The lowest BCUT2D eigenvalue weighted by Crippen LogP contribution is -2.11. The van der Waals surface area contributed by atoms with Crippen LogP contribution in [-0.2, 0) is 17.9 Å². The quantitative estimate of drug-likeness (QED) is 0.603. The standard InChI is InChI=1S/C17H31NO2/c1-5-7-8-9-10-14(3)19-13-17-11-16(12-18-6-2)15(4)20-17/h11,14,18H,5-10,12-13H2,1-4H3. The van der Waals surface area contributed by atoms with Gasteiger partial charge in [-0.1, -0.05) is 39.5 Å². The van der Waals surface area contributed by atoms with E-state index in [1.807, 2.05) is 6.92 Å². The summed E-state index contributed by atoms with van der Waals surface area (Å²) in [4.78, 5) is 0. The molecule has 0 spiro atoms. The highest BCUT2D eigenvalue weighted by atomic mass is 16.5. The van der Waals surface area contributed by atoms with Crippen molar-refractivity contribution in [3.63, 3.8) is 0 Å². The predicted molar refractivity (Wildman–Crippen MR) is 83.8 cm³/mol. The van der Waals surface area contributed by atoms with Crippen molar-refractivity contribution in [1.82, 2.24) is 5.32 Å². The molecule has 0 aliphatic heterocycles. The summed E-state index contributed by atoms with van der Waals surface area (Å²) in [7, 11) is 0. The molecular weight excluding hydrogens is 250 g/mol. The van der Waals surface area contributed by atoms with Crippen molar-refractivity contribution in [2.24, 2.45) is 0 Å². The van der Waals surface area contributed by atoms with Crippen LogP contribution in [0.1, 0.15) is 70.0 Å². The number of hydrogen-bond acceptors (Lipinski definition) is 3. The molecule has 3 nitrogen and oxygen atoms in total.